The summed E-state index contributed by atoms with van der Waals surface area (Å²) in [5, 5.41) is 2.89. The van der Waals surface area contributed by atoms with Gasteiger partial charge in [-0.15, -0.1) is 0 Å². The fourth-order valence-corrected chi connectivity index (χ4v) is 3.37. The van der Waals surface area contributed by atoms with E-state index < -0.39 is 0 Å². The summed E-state index contributed by atoms with van der Waals surface area (Å²) in [6.45, 7) is 7.80. The Hall–Kier alpha value is -1.89. The Kier molecular flexibility index (Phi) is 4.89. The van der Waals surface area contributed by atoms with Gasteiger partial charge in [0.25, 0.3) is 11.8 Å². The van der Waals surface area contributed by atoms with E-state index in [-0.39, 0.29) is 17.9 Å². The van der Waals surface area contributed by atoms with Gasteiger partial charge in [-0.2, -0.15) is 0 Å². The molecule has 0 aromatic carbocycles. The molecule has 3 heterocycles. The van der Waals surface area contributed by atoms with Crippen molar-refractivity contribution in [3.8, 4) is 0 Å². The maximum Gasteiger partial charge on any atom is 0.287 e. The lowest BCUT2D eigenvalue weighted by Gasteiger charge is -2.32. The van der Waals surface area contributed by atoms with Gasteiger partial charge in [0, 0.05) is 38.8 Å². The van der Waals surface area contributed by atoms with Gasteiger partial charge in [-0.05, 0) is 40.2 Å². The van der Waals surface area contributed by atoms with E-state index in [2.05, 4.69) is 22.2 Å². The molecule has 24 heavy (non-hydrogen) atoms. The molecule has 1 fully saturated rings. The van der Waals surface area contributed by atoms with Crippen LogP contribution in [0, 0.1) is 0 Å². The zero-order valence-corrected chi connectivity index (χ0v) is 14.8. The molecule has 3 rings (SSSR count). The number of hydrogen-bond donors (Lipinski definition) is 1. The van der Waals surface area contributed by atoms with E-state index in [1.54, 1.807) is 0 Å². The molecule has 2 aliphatic rings. The smallest absolute Gasteiger partial charge is 0.287 e. The highest BCUT2D eigenvalue weighted by molar-refractivity contribution is 5.97. The normalized spacial score (nSPS) is 18.6. The number of nitrogens with zero attached hydrogens (tertiary/aromatic N) is 4. The molecule has 0 aliphatic carbocycles. The number of hydrogen-bond acceptors (Lipinski definition) is 4. The second kappa shape index (κ2) is 6.93. The van der Waals surface area contributed by atoms with Crippen LogP contribution in [0.2, 0.25) is 0 Å². The third-order valence-electron chi connectivity index (χ3n) is 4.73. The van der Waals surface area contributed by atoms with Crippen molar-refractivity contribution in [2.24, 2.45) is 0 Å². The van der Waals surface area contributed by atoms with Crippen molar-refractivity contribution in [2.45, 2.75) is 45.7 Å². The van der Waals surface area contributed by atoms with Crippen LogP contribution in [0.4, 0.5) is 0 Å². The zero-order valence-electron chi connectivity index (χ0n) is 14.8. The molecule has 0 atom stereocenters. The van der Waals surface area contributed by atoms with Gasteiger partial charge in [-0.3, -0.25) is 9.59 Å². The number of likely N-dealkylation sites (N-methyl/N-ethyl adjacent to an activating group) is 1. The van der Waals surface area contributed by atoms with Crippen LogP contribution in [-0.4, -0.2) is 70.4 Å². The molecule has 0 spiro atoms. The van der Waals surface area contributed by atoms with E-state index in [4.69, 9.17) is 0 Å². The lowest BCUT2D eigenvalue weighted by Crippen LogP contribution is -2.47. The predicted octanol–water partition coefficient (Wildman–Crippen LogP) is 0.745. The monoisotopic (exact) mass is 333 g/mol. The molecule has 1 N–H and O–H groups in total. The van der Waals surface area contributed by atoms with Crippen molar-refractivity contribution in [3.63, 3.8) is 0 Å². The summed E-state index contributed by atoms with van der Waals surface area (Å²) in [5.41, 5.74) is 1.41. The Morgan fingerprint density at radius 1 is 1.08 bits per heavy atom. The van der Waals surface area contributed by atoms with Gasteiger partial charge in [0.15, 0.2) is 5.82 Å². The molecule has 0 saturated carbocycles. The molecular formula is C17H27N5O2. The first-order valence-corrected chi connectivity index (χ1v) is 8.85. The summed E-state index contributed by atoms with van der Waals surface area (Å²) in [7, 11) is 2.06. The third kappa shape index (κ3) is 3.31. The average molecular weight is 333 g/mol. The first-order chi connectivity index (χ1) is 11.5. The average Bonchev–Trinajstić information content (AvgIpc) is 2.94. The van der Waals surface area contributed by atoms with Crippen LogP contribution >= 0.6 is 0 Å². The van der Waals surface area contributed by atoms with Gasteiger partial charge < -0.3 is 19.7 Å². The molecule has 1 saturated heterocycles. The van der Waals surface area contributed by atoms with Crippen molar-refractivity contribution < 1.29 is 9.59 Å². The summed E-state index contributed by atoms with van der Waals surface area (Å²) in [4.78, 5) is 34.0. The number of nitrogens with one attached hydrogen (secondary N) is 1. The fourth-order valence-electron chi connectivity index (χ4n) is 3.37. The van der Waals surface area contributed by atoms with Crippen LogP contribution in [0.25, 0.3) is 0 Å². The Morgan fingerprint density at radius 3 is 2.46 bits per heavy atom. The van der Waals surface area contributed by atoms with Crippen LogP contribution in [-0.2, 0) is 13.0 Å². The molecule has 132 valence electrons. The molecule has 1 aromatic heterocycles. The summed E-state index contributed by atoms with van der Waals surface area (Å²) in [6, 6.07) is 0.0471. The Morgan fingerprint density at radius 2 is 1.79 bits per heavy atom. The van der Waals surface area contributed by atoms with Crippen LogP contribution < -0.4 is 5.32 Å². The van der Waals surface area contributed by atoms with Crippen molar-refractivity contribution in [3.05, 3.63) is 17.2 Å². The highest BCUT2D eigenvalue weighted by Gasteiger charge is 2.30. The maximum absolute atomic E-state index is 12.9. The first kappa shape index (κ1) is 17.0. The SMILES string of the molecule is CC(C)NC(=O)c1nc(C(=O)N2CCN(C)CC2)c2n1CCCC2. The molecule has 1 aromatic rings. The van der Waals surface area contributed by atoms with Crippen molar-refractivity contribution in [1.82, 2.24) is 24.7 Å². The number of rotatable bonds is 3. The van der Waals surface area contributed by atoms with Crippen LogP contribution in [0.3, 0.4) is 0 Å². The Bertz CT molecular complexity index is 629. The molecule has 2 aliphatic heterocycles. The first-order valence-electron chi connectivity index (χ1n) is 8.85. The number of piperazine rings is 1. The zero-order chi connectivity index (χ0) is 17.3. The summed E-state index contributed by atoms with van der Waals surface area (Å²) < 4.78 is 1.95. The van der Waals surface area contributed by atoms with E-state index in [0.29, 0.717) is 11.5 Å². The van der Waals surface area contributed by atoms with E-state index >= 15 is 0 Å². The molecule has 7 nitrogen and oxygen atoms in total. The van der Waals surface area contributed by atoms with Gasteiger partial charge in [-0.25, -0.2) is 4.98 Å². The molecule has 0 unspecified atom stereocenters. The maximum atomic E-state index is 12.9. The Labute approximate surface area is 143 Å². The van der Waals surface area contributed by atoms with E-state index in [1.807, 2.05) is 23.3 Å². The number of carbonyl (C=O) groups is 2. The molecule has 2 amide bonds. The predicted molar refractivity (Wildman–Crippen MR) is 91.2 cm³/mol. The minimum absolute atomic E-state index is 0.0302. The van der Waals surface area contributed by atoms with E-state index in [0.717, 1.165) is 57.7 Å². The van der Waals surface area contributed by atoms with Gasteiger partial charge in [0.1, 0.15) is 5.69 Å². The molecular weight excluding hydrogens is 306 g/mol. The topological polar surface area (TPSA) is 70.5 Å². The van der Waals surface area contributed by atoms with E-state index in [9.17, 15) is 9.59 Å². The molecule has 0 radical (unpaired) electrons. The van der Waals surface area contributed by atoms with Crippen LogP contribution in [0.15, 0.2) is 0 Å². The van der Waals surface area contributed by atoms with Gasteiger partial charge >= 0.3 is 0 Å². The standard InChI is InChI=1S/C17H27N5O2/c1-12(2)18-16(23)15-19-14(13-6-4-5-7-22(13)15)17(24)21-10-8-20(3)9-11-21/h12H,4-11H2,1-3H3,(H,18,23). The van der Waals surface area contributed by atoms with Crippen molar-refractivity contribution in [1.29, 1.82) is 0 Å². The highest BCUT2D eigenvalue weighted by Crippen LogP contribution is 2.22. The lowest BCUT2D eigenvalue weighted by atomic mass is 10.1. The van der Waals surface area contributed by atoms with Gasteiger partial charge in [0.2, 0.25) is 0 Å². The number of fused-ring (bicyclic) bond motifs is 1. The van der Waals surface area contributed by atoms with Crippen molar-refractivity contribution in [2.75, 3.05) is 33.2 Å². The van der Waals surface area contributed by atoms with Crippen LogP contribution in [0.5, 0.6) is 0 Å². The number of aromatic nitrogens is 2. The summed E-state index contributed by atoms with van der Waals surface area (Å²) in [5.74, 6) is 0.166. The Balaban J connectivity index is 1.89. The molecule has 0 bridgehead atoms. The second-order valence-corrected chi connectivity index (χ2v) is 7.06. The van der Waals surface area contributed by atoms with Gasteiger partial charge in [0.05, 0.1) is 5.69 Å². The largest absolute Gasteiger partial charge is 0.347 e. The molecule has 7 heteroatoms. The van der Waals surface area contributed by atoms with Gasteiger partial charge in [-0.1, -0.05) is 0 Å². The summed E-state index contributed by atoms with van der Waals surface area (Å²) >= 11 is 0. The minimum atomic E-state index is -0.189. The summed E-state index contributed by atoms with van der Waals surface area (Å²) in [6.07, 6.45) is 2.88. The van der Waals surface area contributed by atoms with Crippen LogP contribution in [0.1, 0.15) is 53.5 Å². The number of imidazole rings is 1. The third-order valence-corrected chi connectivity index (χ3v) is 4.73. The quantitative estimate of drug-likeness (QED) is 0.886. The number of amides is 2. The van der Waals surface area contributed by atoms with Crippen molar-refractivity contribution >= 4 is 11.8 Å². The minimum Gasteiger partial charge on any atom is -0.347 e. The fraction of sp³-hybridized carbons (Fsp3) is 0.706. The lowest BCUT2D eigenvalue weighted by molar-refractivity contribution is 0.0657. The second-order valence-electron chi connectivity index (χ2n) is 7.06. The van der Waals surface area contributed by atoms with E-state index in [1.165, 1.54) is 0 Å². The highest BCUT2D eigenvalue weighted by atomic mass is 16.2. The number of carbonyl (C=O) groups excluding carboxylic acids is 2.